The Kier molecular flexibility index (Phi) is 7.25. The van der Waals surface area contributed by atoms with Gasteiger partial charge in [-0.25, -0.2) is 0 Å². The molecule has 0 N–H and O–H groups in total. The van der Waals surface area contributed by atoms with Crippen molar-refractivity contribution < 1.29 is 19.1 Å². The Hall–Kier alpha value is -2.08. The van der Waals surface area contributed by atoms with E-state index in [0.29, 0.717) is 37.6 Å². The van der Waals surface area contributed by atoms with Crippen LogP contribution in [0.1, 0.15) is 24.8 Å². The largest absolute Gasteiger partial charge is 0.469 e. The van der Waals surface area contributed by atoms with E-state index in [2.05, 4.69) is 4.74 Å². The highest BCUT2D eigenvalue weighted by molar-refractivity contribution is 6.30. The van der Waals surface area contributed by atoms with Crippen LogP contribution < -0.4 is 0 Å². The van der Waals surface area contributed by atoms with Gasteiger partial charge in [-0.3, -0.25) is 14.4 Å². The molecule has 25 heavy (non-hydrogen) atoms. The van der Waals surface area contributed by atoms with Crippen molar-refractivity contribution in [3.63, 3.8) is 0 Å². The van der Waals surface area contributed by atoms with Gasteiger partial charge in [0.15, 0.2) is 0 Å². The minimum absolute atomic E-state index is 0.0474. The van der Waals surface area contributed by atoms with E-state index in [9.17, 15) is 14.4 Å². The number of nitrogens with zero attached hydrogens (tertiary/aromatic N) is 2. The summed E-state index contributed by atoms with van der Waals surface area (Å²) in [4.78, 5) is 39.3. The van der Waals surface area contributed by atoms with Crippen molar-refractivity contribution in [1.29, 1.82) is 0 Å². The molecule has 1 aromatic carbocycles. The SMILES string of the molecule is COC(=O)CCC(=O)N1CCCN(C(=O)Cc2ccc(Cl)cc2)CC1. The van der Waals surface area contributed by atoms with Crippen LogP contribution in [0.2, 0.25) is 5.02 Å². The van der Waals surface area contributed by atoms with Crippen molar-refractivity contribution in [2.75, 3.05) is 33.3 Å². The molecule has 136 valence electrons. The molecule has 0 aliphatic carbocycles. The molecule has 1 aliphatic rings. The molecule has 0 bridgehead atoms. The van der Waals surface area contributed by atoms with Gasteiger partial charge < -0.3 is 14.5 Å². The Labute approximate surface area is 152 Å². The minimum Gasteiger partial charge on any atom is -0.469 e. The van der Waals surface area contributed by atoms with E-state index >= 15 is 0 Å². The van der Waals surface area contributed by atoms with E-state index in [1.54, 1.807) is 21.9 Å². The van der Waals surface area contributed by atoms with Crippen LogP contribution in [0, 0.1) is 0 Å². The van der Waals surface area contributed by atoms with Gasteiger partial charge in [0.1, 0.15) is 0 Å². The molecule has 2 amide bonds. The first-order valence-electron chi connectivity index (χ1n) is 8.36. The van der Waals surface area contributed by atoms with Crippen molar-refractivity contribution in [3.8, 4) is 0 Å². The number of ether oxygens (including phenoxy) is 1. The number of amides is 2. The third-order valence-electron chi connectivity index (χ3n) is 4.24. The van der Waals surface area contributed by atoms with Gasteiger partial charge in [-0.05, 0) is 24.1 Å². The molecule has 1 heterocycles. The Balaban J connectivity index is 1.83. The number of hydrogen-bond acceptors (Lipinski definition) is 4. The fourth-order valence-electron chi connectivity index (χ4n) is 2.77. The number of benzene rings is 1. The molecular weight excluding hydrogens is 344 g/mol. The second-order valence-electron chi connectivity index (χ2n) is 5.99. The van der Waals surface area contributed by atoms with Gasteiger partial charge in [-0.15, -0.1) is 0 Å². The van der Waals surface area contributed by atoms with Gasteiger partial charge in [-0.2, -0.15) is 0 Å². The Morgan fingerprint density at radius 1 is 0.960 bits per heavy atom. The molecule has 7 heteroatoms. The molecular formula is C18H23ClN2O4. The summed E-state index contributed by atoms with van der Waals surface area (Å²) < 4.78 is 4.55. The summed E-state index contributed by atoms with van der Waals surface area (Å²) >= 11 is 5.86. The molecule has 0 spiro atoms. The zero-order valence-electron chi connectivity index (χ0n) is 14.4. The summed E-state index contributed by atoms with van der Waals surface area (Å²) in [6, 6.07) is 7.24. The van der Waals surface area contributed by atoms with Crippen LogP contribution in [-0.2, 0) is 25.5 Å². The van der Waals surface area contributed by atoms with Crippen LogP contribution in [0.15, 0.2) is 24.3 Å². The van der Waals surface area contributed by atoms with E-state index in [1.807, 2.05) is 12.1 Å². The normalized spacial score (nSPS) is 14.8. The third kappa shape index (κ3) is 6.05. The van der Waals surface area contributed by atoms with Crippen molar-refractivity contribution in [2.45, 2.75) is 25.7 Å². The van der Waals surface area contributed by atoms with Crippen LogP contribution >= 0.6 is 11.6 Å². The van der Waals surface area contributed by atoms with Crippen LogP contribution in [0.4, 0.5) is 0 Å². The lowest BCUT2D eigenvalue weighted by molar-refractivity contribution is -0.143. The maximum atomic E-state index is 12.5. The molecule has 1 saturated heterocycles. The second-order valence-corrected chi connectivity index (χ2v) is 6.43. The first-order valence-corrected chi connectivity index (χ1v) is 8.74. The van der Waals surface area contributed by atoms with E-state index in [-0.39, 0.29) is 30.6 Å². The van der Waals surface area contributed by atoms with E-state index in [1.165, 1.54) is 7.11 Å². The maximum absolute atomic E-state index is 12.5. The first-order chi connectivity index (χ1) is 12.0. The zero-order chi connectivity index (χ0) is 18.2. The summed E-state index contributed by atoms with van der Waals surface area (Å²) in [5.41, 5.74) is 0.921. The topological polar surface area (TPSA) is 66.9 Å². The zero-order valence-corrected chi connectivity index (χ0v) is 15.1. The van der Waals surface area contributed by atoms with Gasteiger partial charge in [0.25, 0.3) is 0 Å². The Morgan fingerprint density at radius 2 is 1.56 bits per heavy atom. The average molecular weight is 367 g/mol. The number of hydrogen-bond donors (Lipinski definition) is 0. The van der Waals surface area contributed by atoms with Crippen LogP contribution in [0.25, 0.3) is 0 Å². The van der Waals surface area contributed by atoms with Crippen molar-refractivity contribution >= 4 is 29.4 Å². The fraction of sp³-hybridized carbons (Fsp3) is 0.500. The molecule has 6 nitrogen and oxygen atoms in total. The molecule has 0 unspecified atom stereocenters. The monoisotopic (exact) mass is 366 g/mol. The summed E-state index contributed by atoms with van der Waals surface area (Å²) in [6.07, 6.45) is 1.29. The number of carbonyl (C=O) groups is 3. The average Bonchev–Trinajstić information content (AvgIpc) is 2.87. The number of rotatable bonds is 5. The van der Waals surface area contributed by atoms with Gasteiger partial charge >= 0.3 is 5.97 Å². The van der Waals surface area contributed by atoms with E-state index < -0.39 is 0 Å². The quantitative estimate of drug-likeness (QED) is 0.746. The highest BCUT2D eigenvalue weighted by atomic mass is 35.5. The molecule has 0 atom stereocenters. The van der Waals surface area contributed by atoms with Gasteiger partial charge in [0, 0.05) is 37.6 Å². The van der Waals surface area contributed by atoms with Gasteiger partial charge in [-0.1, -0.05) is 23.7 Å². The lowest BCUT2D eigenvalue weighted by Gasteiger charge is -2.22. The summed E-state index contributed by atoms with van der Waals surface area (Å²) in [7, 11) is 1.31. The van der Waals surface area contributed by atoms with Crippen molar-refractivity contribution in [3.05, 3.63) is 34.9 Å². The maximum Gasteiger partial charge on any atom is 0.306 e. The highest BCUT2D eigenvalue weighted by Crippen LogP contribution is 2.12. The van der Waals surface area contributed by atoms with Crippen molar-refractivity contribution in [2.24, 2.45) is 0 Å². The van der Waals surface area contributed by atoms with Crippen LogP contribution in [0.3, 0.4) is 0 Å². The minimum atomic E-state index is -0.386. The van der Waals surface area contributed by atoms with E-state index in [0.717, 1.165) is 12.0 Å². The number of carbonyl (C=O) groups excluding carboxylic acids is 3. The lowest BCUT2D eigenvalue weighted by atomic mass is 10.1. The standard InChI is InChI=1S/C18H23ClN2O4/c1-25-18(24)8-7-16(22)20-9-2-10-21(12-11-20)17(23)13-14-3-5-15(19)6-4-14/h3-6H,2,7-13H2,1H3. The summed E-state index contributed by atoms with van der Waals surface area (Å²) in [6.45, 7) is 2.24. The predicted octanol–water partition coefficient (Wildman–Crippen LogP) is 1.90. The molecule has 2 rings (SSSR count). The van der Waals surface area contributed by atoms with Crippen molar-refractivity contribution in [1.82, 2.24) is 9.80 Å². The lowest BCUT2D eigenvalue weighted by Crippen LogP contribution is -2.38. The van der Waals surface area contributed by atoms with Gasteiger partial charge in [0.2, 0.25) is 11.8 Å². The highest BCUT2D eigenvalue weighted by Gasteiger charge is 2.22. The van der Waals surface area contributed by atoms with E-state index in [4.69, 9.17) is 11.6 Å². The molecule has 0 aromatic heterocycles. The number of halogens is 1. The van der Waals surface area contributed by atoms with Crippen LogP contribution in [0.5, 0.6) is 0 Å². The number of esters is 1. The molecule has 0 radical (unpaired) electrons. The smallest absolute Gasteiger partial charge is 0.306 e. The first kappa shape index (κ1) is 19.2. The molecule has 0 saturated carbocycles. The fourth-order valence-corrected chi connectivity index (χ4v) is 2.90. The van der Waals surface area contributed by atoms with Gasteiger partial charge in [0.05, 0.1) is 20.0 Å². The summed E-state index contributed by atoms with van der Waals surface area (Å²) in [5.74, 6) is -0.411. The Morgan fingerprint density at radius 3 is 2.16 bits per heavy atom. The predicted molar refractivity (Wildman–Crippen MR) is 94.2 cm³/mol. The Bertz CT molecular complexity index is 618. The number of methoxy groups -OCH3 is 1. The summed E-state index contributed by atoms with van der Waals surface area (Å²) in [5, 5.41) is 0.645. The third-order valence-corrected chi connectivity index (χ3v) is 4.49. The molecule has 1 aromatic rings. The second kappa shape index (κ2) is 9.42. The molecule has 1 fully saturated rings. The van der Waals surface area contributed by atoms with Crippen LogP contribution in [-0.4, -0.2) is 60.9 Å². The molecule has 1 aliphatic heterocycles.